The van der Waals surface area contributed by atoms with Crippen molar-refractivity contribution in [1.82, 2.24) is 35.0 Å². The number of hydrogen-bond acceptors (Lipinski definition) is 7. The smallest absolute Gasteiger partial charge is 0.253 e. The molecule has 0 radical (unpaired) electrons. The Kier molecular flexibility index (Phi) is 5.82. The van der Waals surface area contributed by atoms with E-state index < -0.39 is 0 Å². The van der Waals surface area contributed by atoms with Crippen molar-refractivity contribution in [3.63, 3.8) is 0 Å². The van der Waals surface area contributed by atoms with Gasteiger partial charge in [-0.3, -0.25) is 14.6 Å². The number of piperazine rings is 1. The predicted octanol–water partition coefficient (Wildman–Crippen LogP) is 2.90. The molecule has 9 heteroatoms. The first-order chi connectivity index (χ1) is 16.7. The molecule has 3 aromatic rings. The molecular weight excluding hydrogens is 430 g/mol. The second-order valence-corrected chi connectivity index (χ2v) is 10.0. The van der Waals surface area contributed by atoms with Crippen molar-refractivity contribution in [2.45, 2.75) is 63.1 Å². The largest absolute Gasteiger partial charge is 0.497 e. The first-order valence-corrected chi connectivity index (χ1v) is 12.7. The summed E-state index contributed by atoms with van der Waals surface area (Å²) in [5, 5.41) is 14.1. The zero-order valence-corrected chi connectivity index (χ0v) is 19.8. The standard InChI is InChI=1S/C25H33N7O2/c1-34-20-9-10-22-17(14-20)15-21(25(33)26-22)23(31-13-12-30-11-5-8-19(30)16-31)24-27-28-29-32(24)18-6-3-2-4-7-18/h9-10,14-15,18-19,23H,2-8,11-13,16H2,1H3,(H,26,33). The molecule has 2 unspecified atom stereocenters. The van der Waals surface area contributed by atoms with E-state index >= 15 is 0 Å². The summed E-state index contributed by atoms with van der Waals surface area (Å²) in [6, 6.07) is 8.33. The van der Waals surface area contributed by atoms with Crippen LogP contribution in [0.25, 0.3) is 10.9 Å². The van der Waals surface area contributed by atoms with E-state index in [2.05, 4.69) is 30.3 Å². The van der Waals surface area contributed by atoms with E-state index in [1.165, 1.54) is 38.6 Å². The number of aromatic nitrogens is 5. The summed E-state index contributed by atoms with van der Waals surface area (Å²) in [7, 11) is 1.66. The Bertz CT molecular complexity index is 1220. The molecule has 0 bridgehead atoms. The number of hydrogen-bond donors (Lipinski definition) is 1. The minimum atomic E-state index is -0.279. The molecule has 0 spiro atoms. The number of pyridine rings is 1. The molecule has 6 rings (SSSR count). The second kappa shape index (κ2) is 9.11. The Hall–Kier alpha value is -2.78. The second-order valence-electron chi connectivity index (χ2n) is 10.0. The fourth-order valence-electron chi connectivity index (χ4n) is 6.25. The summed E-state index contributed by atoms with van der Waals surface area (Å²) in [5.41, 5.74) is 1.44. The minimum Gasteiger partial charge on any atom is -0.497 e. The fraction of sp³-hybridized carbons (Fsp3) is 0.600. The number of benzene rings is 1. The highest BCUT2D eigenvalue weighted by atomic mass is 16.5. The van der Waals surface area contributed by atoms with Crippen LogP contribution in [-0.4, -0.2) is 74.3 Å². The maximum atomic E-state index is 13.5. The summed E-state index contributed by atoms with van der Waals surface area (Å²) < 4.78 is 7.47. The maximum absolute atomic E-state index is 13.5. The normalized spacial score (nSPS) is 23.3. The number of ether oxygens (including phenoxy) is 1. The molecule has 9 nitrogen and oxygen atoms in total. The molecule has 180 valence electrons. The molecule has 2 saturated heterocycles. The van der Waals surface area contributed by atoms with Gasteiger partial charge >= 0.3 is 0 Å². The van der Waals surface area contributed by atoms with Gasteiger partial charge in [0.05, 0.1) is 13.2 Å². The summed E-state index contributed by atoms with van der Waals surface area (Å²) >= 11 is 0. The van der Waals surface area contributed by atoms with Crippen LogP contribution in [0.1, 0.15) is 68.4 Å². The number of tetrazole rings is 1. The quantitative estimate of drug-likeness (QED) is 0.622. The highest BCUT2D eigenvalue weighted by Crippen LogP contribution is 2.35. The lowest BCUT2D eigenvalue weighted by atomic mass is 9.95. The van der Waals surface area contributed by atoms with Crippen molar-refractivity contribution in [3.8, 4) is 5.75 Å². The summed E-state index contributed by atoms with van der Waals surface area (Å²) in [6.45, 7) is 4.02. The molecule has 34 heavy (non-hydrogen) atoms. The topological polar surface area (TPSA) is 92.2 Å². The first-order valence-electron chi connectivity index (χ1n) is 12.7. The third-order valence-corrected chi connectivity index (χ3v) is 8.04. The lowest BCUT2D eigenvalue weighted by Crippen LogP contribution is -2.52. The van der Waals surface area contributed by atoms with Gasteiger partial charge < -0.3 is 9.72 Å². The minimum absolute atomic E-state index is 0.0743. The Labute approximate surface area is 199 Å². The van der Waals surface area contributed by atoms with E-state index in [0.29, 0.717) is 17.6 Å². The van der Waals surface area contributed by atoms with Gasteiger partial charge in [0.15, 0.2) is 5.82 Å². The summed E-state index contributed by atoms with van der Waals surface area (Å²) in [5.74, 6) is 1.57. The van der Waals surface area contributed by atoms with Gasteiger partial charge in [-0.2, -0.15) is 0 Å². The Morgan fingerprint density at radius 2 is 1.88 bits per heavy atom. The van der Waals surface area contributed by atoms with Crippen LogP contribution in [-0.2, 0) is 0 Å². The average Bonchev–Trinajstić information content (AvgIpc) is 3.54. The highest BCUT2D eigenvalue weighted by molar-refractivity contribution is 5.80. The molecular formula is C25H33N7O2. The number of nitrogens with zero attached hydrogens (tertiary/aromatic N) is 6. The molecule has 3 aliphatic rings. The Morgan fingerprint density at radius 1 is 1.03 bits per heavy atom. The van der Waals surface area contributed by atoms with Crippen molar-refractivity contribution in [1.29, 1.82) is 0 Å². The number of methoxy groups -OCH3 is 1. The van der Waals surface area contributed by atoms with Crippen molar-refractivity contribution in [3.05, 3.63) is 46.0 Å². The van der Waals surface area contributed by atoms with E-state index in [4.69, 9.17) is 4.74 Å². The van der Waals surface area contributed by atoms with Crippen molar-refractivity contribution in [2.24, 2.45) is 0 Å². The van der Waals surface area contributed by atoms with E-state index in [-0.39, 0.29) is 11.6 Å². The van der Waals surface area contributed by atoms with Gasteiger partial charge in [-0.15, -0.1) is 5.10 Å². The van der Waals surface area contributed by atoms with Crippen LogP contribution in [0.15, 0.2) is 29.1 Å². The number of rotatable bonds is 5. The van der Waals surface area contributed by atoms with Crippen molar-refractivity contribution >= 4 is 10.9 Å². The Balaban J connectivity index is 1.46. The first kappa shape index (κ1) is 21.7. The highest BCUT2D eigenvalue weighted by Gasteiger charge is 2.38. The Morgan fingerprint density at radius 3 is 2.74 bits per heavy atom. The van der Waals surface area contributed by atoms with Crippen molar-refractivity contribution in [2.75, 3.05) is 33.3 Å². The van der Waals surface area contributed by atoms with Crippen LogP contribution in [0.3, 0.4) is 0 Å². The predicted molar refractivity (Wildman–Crippen MR) is 129 cm³/mol. The number of aromatic amines is 1. The van der Waals surface area contributed by atoms with E-state index in [1.807, 2.05) is 28.9 Å². The van der Waals surface area contributed by atoms with Crippen LogP contribution < -0.4 is 10.3 Å². The van der Waals surface area contributed by atoms with E-state index in [9.17, 15) is 4.79 Å². The van der Waals surface area contributed by atoms with Crippen molar-refractivity contribution < 1.29 is 4.74 Å². The molecule has 1 aliphatic carbocycles. The summed E-state index contributed by atoms with van der Waals surface area (Å²) in [4.78, 5) is 21.6. The molecule has 1 N–H and O–H groups in total. The average molecular weight is 464 g/mol. The molecule has 4 heterocycles. The number of H-pyrrole nitrogens is 1. The lowest BCUT2D eigenvalue weighted by Gasteiger charge is -2.41. The third kappa shape index (κ3) is 3.90. The molecule has 1 aromatic carbocycles. The SMILES string of the molecule is COc1ccc2[nH]c(=O)c(C(c3nnnn3C3CCCCC3)N3CCN4CCCC4C3)cc2c1. The third-order valence-electron chi connectivity index (χ3n) is 8.04. The van der Waals surface area contributed by atoms with E-state index in [0.717, 1.165) is 55.0 Å². The van der Waals surface area contributed by atoms with E-state index in [1.54, 1.807) is 7.11 Å². The number of nitrogens with one attached hydrogen (secondary N) is 1. The molecule has 3 fully saturated rings. The molecule has 1 saturated carbocycles. The molecule has 2 aromatic heterocycles. The number of fused-ring (bicyclic) bond motifs is 2. The molecule has 2 aliphatic heterocycles. The lowest BCUT2D eigenvalue weighted by molar-refractivity contribution is 0.0778. The molecule has 2 atom stereocenters. The molecule has 0 amide bonds. The zero-order valence-electron chi connectivity index (χ0n) is 19.8. The van der Waals surface area contributed by atoms with Crippen LogP contribution in [0.4, 0.5) is 0 Å². The van der Waals surface area contributed by atoms with Crippen LogP contribution in [0.2, 0.25) is 0 Å². The van der Waals surface area contributed by atoms with Crippen LogP contribution in [0.5, 0.6) is 5.75 Å². The van der Waals surface area contributed by atoms with Gasteiger partial charge in [0.25, 0.3) is 5.56 Å². The van der Waals surface area contributed by atoms with Crippen LogP contribution in [0, 0.1) is 0 Å². The van der Waals surface area contributed by atoms with Gasteiger partial charge in [-0.1, -0.05) is 19.3 Å². The van der Waals surface area contributed by atoms with Gasteiger partial charge in [-0.05, 0) is 66.9 Å². The van der Waals surface area contributed by atoms with Gasteiger partial charge in [0.1, 0.15) is 11.8 Å². The zero-order chi connectivity index (χ0) is 23.1. The van der Waals surface area contributed by atoms with Gasteiger partial charge in [0, 0.05) is 42.1 Å². The maximum Gasteiger partial charge on any atom is 0.253 e. The summed E-state index contributed by atoms with van der Waals surface area (Å²) in [6.07, 6.45) is 8.31. The monoisotopic (exact) mass is 463 g/mol. The van der Waals surface area contributed by atoms with Crippen LogP contribution >= 0.6 is 0 Å². The fourth-order valence-corrected chi connectivity index (χ4v) is 6.25. The van der Waals surface area contributed by atoms with Gasteiger partial charge in [-0.25, -0.2) is 4.68 Å². The van der Waals surface area contributed by atoms with Gasteiger partial charge in [0.2, 0.25) is 0 Å².